The lowest BCUT2D eigenvalue weighted by Gasteiger charge is -2.12. The van der Waals surface area contributed by atoms with Crippen LogP contribution in [0.15, 0.2) is 79.1 Å². The third-order valence-electron chi connectivity index (χ3n) is 5.72. The number of pyridine rings is 1. The van der Waals surface area contributed by atoms with E-state index < -0.39 is 5.91 Å². The average molecular weight is 469 g/mol. The molecule has 0 aliphatic carbocycles. The van der Waals surface area contributed by atoms with Crippen molar-refractivity contribution in [2.24, 2.45) is 5.73 Å². The summed E-state index contributed by atoms with van der Waals surface area (Å²) < 4.78 is 26.1. The Labute approximate surface area is 199 Å². The second kappa shape index (κ2) is 8.90. The molecule has 3 aromatic carbocycles. The van der Waals surface area contributed by atoms with E-state index in [-0.39, 0.29) is 23.7 Å². The number of carbonyl (C=O) groups excluding carboxylic acids is 2. The number of ether oxygens (including phenoxy) is 2. The van der Waals surface area contributed by atoms with E-state index >= 15 is 0 Å². The molecule has 1 amide bonds. The van der Waals surface area contributed by atoms with Crippen LogP contribution in [-0.2, 0) is 6.42 Å². The number of rotatable bonds is 6. The zero-order valence-electron chi connectivity index (χ0n) is 18.7. The summed E-state index contributed by atoms with van der Waals surface area (Å²) in [5, 5.41) is 1.42. The number of aromatic nitrogens is 2. The van der Waals surface area contributed by atoms with Gasteiger partial charge in [-0.25, -0.2) is 4.39 Å². The van der Waals surface area contributed by atoms with Crippen LogP contribution in [0.25, 0.3) is 21.8 Å². The van der Waals surface area contributed by atoms with E-state index in [1.807, 2.05) is 12.1 Å². The Morgan fingerprint density at radius 2 is 1.80 bits per heavy atom. The first kappa shape index (κ1) is 22.1. The van der Waals surface area contributed by atoms with Crippen molar-refractivity contribution < 1.29 is 23.5 Å². The third-order valence-corrected chi connectivity index (χ3v) is 5.72. The molecule has 7 nitrogen and oxygen atoms in total. The molecule has 0 bridgehead atoms. The Morgan fingerprint density at radius 1 is 1.00 bits per heavy atom. The van der Waals surface area contributed by atoms with E-state index in [2.05, 4.69) is 4.98 Å². The van der Waals surface area contributed by atoms with Crippen LogP contribution in [0.2, 0.25) is 0 Å². The fourth-order valence-corrected chi connectivity index (χ4v) is 3.99. The number of carbonyl (C=O) groups is 2. The largest absolute Gasteiger partial charge is 0.496 e. The molecule has 2 aromatic heterocycles. The van der Waals surface area contributed by atoms with E-state index in [9.17, 15) is 14.0 Å². The number of primary amides is 1. The molecular weight excluding hydrogens is 449 g/mol. The molecule has 174 valence electrons. The first-order valence-corrected chi connectivity index (χ1v) is 10.8. The SMILES string of the molecule is COc1cc2nccc(Oc3ccc4c(ccn4C(=O)Cc4ccc(F)cc4)c3)c2cc1C(N)=O. The van der Waals surface area contributed by atoms with Crippen LogP contribution in [0.5, 0.6) is 17.2 Å². The molecular formula is C27H20FN3O4. The highest BCUT2D eigenvalue weighted by Gasteiger charge is 2.15. The van der Waals surface area contributed by atoms with Crippen LogP contribution < -0.4 is 15.2 Å². The molecule has 2 N–H and O–H groups in total. The van der Waals surface area contributed by atoms with E-state index in [4.69, 9.17) is 15.2 Å². The van der Waals surface area contributed by atoms with Crippen molar-refractivity contribution in [3.63, 3.8) is 0 Å². The maximum atomic E-state index is 13.1. The van der Waals surface area contributed by atoms with Crippen LogP contribution in [0, 0.1) is 5.82 Å². The van der Waals surface area contributed by atoms with Crippen LogP contribution in [0.1, 0.15) is 20.7 Å². The first-order chi connectivity index (χ1) is 16.9. The summed E-state index contributed by atoms with van der Waals surface area (Å²) in [5.41, 5.74) is 7.77. The lowest BCUT2D eigenvalue weighted by molar-refractivity contribution is 0.0918. The van der Waals surface area contributed by atoms with Crippen molar-refractivity contribution >= 4 is 33.6 Å². The van der Waals surface area contributed by atoms with Gasteiger partial charge in [-0.2, -0.15) is 0 Å². The molecule has 35 heavy (non-hydrogen) atoms. The smallest absolute Gasteiger partial charge is 0.252 e. The van der Waals surface area contributed by atoms with E-state index in [0.717, 1.165) is 16.5 Å². The van der Waals surface area contributed by atoms with Gasteiger partial charge in [-0.3, -0.25) is 19.1 Å². The third kappa shape index (κ3) is 4.29. The van der Waals surface area contributed by atoms with Crippen molar-refractivity contribution in [1.82, 2.24) is 9.55 Å². The minimum Gasteiger partial charge on any atom is -0.496 e. The first-order valence-electron chi connectivity index (χ1n) is 10.8. The molecule has 8 heteroatoms. The zero-order valence-corrected chi connectivity index (χ0v) is 18.7. The van der Waals surface area contributed by atoms with Gasteiger partial charge in [-0.05, 0) is 54.1 Å². The molecule has 0 atom stereocenters. The quantitative estimate of drug-likeness (QED) is 0.373. The number of nitrogens with zero attached hydrogens (tertiary/aromatic N) is 2. The number of nitrogens with two attached hydrogens (primary N) is 1. The van der Waals surface area contributed by atoms with Crippen LogP contribution in [0.4, 0.5) is 4.39 Å². The molecule has 2 heterocycles. The normalized spacial score (nSPS) is 11.0. The summed E-state index contributed by atoms with van der Waals surface area (Å²) in [6.07, 6.45) is 3.45. The molecule has 0 saturated heterocycles. The summed E-state index contributed by atoms with van der Waals surface area (Å²) in [4.78, 5) is 29.0. The number of benzene rings is 3. The average Bonchev–Trinajstić information content (AvgIpc) is 3.28. The minimum absolute atomic E-state index is 0.131. The van der Waals surface area contributed by atoms with Gasteiger partial charge in [0.05, 0.1) is 30.1 Å². The molecule has 5 rings (SSSR count). The van der Waals surface area contributed by atoms with Crippen LogP contribution >= 0.6 is 0 Å². The highest BCUT2D eigenvalue weighted by molar-refractivity contribution is 6.01. The molecule has 0 unspecified atom stereocenters. The Hall–Kier alpha value is -4.72. The molecule has 0 aliphatic heterocycles. The zero-order chi connectivity index (χ0) is 24.5. The van der Waals surface area contributed by atoms with Crippen LogP contribution in [-0.4, -0.2) is 28.5 Å². The Morgan fingerprint density at radius 3 is 2.54 bits per heavy atom. The Balaban J connectivity index is 1.44. The molecule has 0 aliphatic rings. The Bertz CT molecular complexity index is 1590. The second-order valence-corrected chi connectivity index (χ2v) is 7.95. The van der Waals surface area contributed by atoms with Gasteiger partial charge in [0.15, 0.2) is 0 Å². The summed E-state index contributed by atoms with van der Waals surface area (Å²) in [5.74, 6) is 0.284. The number of fused-ring (bicyclic) bond motifs is 2. The lowest BCUT2D eigenvalue weighted by atomic mass is 10.1. The highest BCUT2D eigenvalue weighted by Crippen LogP contribution is 2.34. The van der Waals surface area contributed by atoms with Gasteiger partial charge < -0.3 is 15.2 Å². The van der Waals surface area contributed by atoms with Gasteiger partial charge in [-0.15, -0.1) is 0 Å². The highest BCUT2D eigenvalue weighted by atomic mass is 19.1. The number of methoxy groups -OCH3 is 1. The van der Waals surface area contributed by atoms with Gasteiger partial charge in [0.2, 0.25) is 5.91 Å². The molecule has 5 aromatic rings. The van der Waals surface area contributed by atoms with E-state index in [1.165, 1.54) is 19.2 Å². The van der Waals surface area contributed by atoms with Gasteiger partial charge in [0.25, 0.3) is 5.91 Å². The predicted molar refractivity (Wildman–Crippen MR) is 130 cm³/mol. The van der Waals surface area contributed by atoms with Gasteiger partial charge >= 0.3 is 0 Å². The number of hydrogen-bond donors (Lipinski definition) is 1. The second-order valence-electron chi connectivity index (χ2n) is 7.95. The minimum atomic E-state index is -0.619. The van der Waals surface area contributed by atoms with Crippen molar-refractivity contribution in [3.8, 4) is 17.2 Å². The number of hydrogen-bond acceptors (Lipinski definition) is 5. The van der Waals surface area contributed by atoms with Crippen molar-refractivity contribution in [3.05, 3.63) is 96.1 Å². The fourth-order valence-electron chi connectivity index (χ4n) is 3.99. The molecule has 0 saturated carbocycles. The molecule has 0 spiro atoms. The van der Waals surface area contributed by atoms with Crippen molar-refractivity contribution in [2.45, 2.75) is 6.42 Å². The monoisotopic (exact) mass is 469 g/mol. The maximum Gasteiger partial charge on any atom is 0.252 e. The topological polar surface area (TPSA) is 96.4 Å². The maximum absolute atomic E-state index is 13.1. The molecule has 0 fully saturated rings. The fraction of sp³-hybridized carbons (Fsp3) is 0.0741. The number of halogens is 1. The van der Waals surface area contributed by atoms with Crippen LogP contribution in [0.3, 0.4) is 0 Å². The van der Waals surface area contributed by atoms with Gasteiger partial charge in [0.1, 0.15) is 23.1 Å². The Kier molecular flexibility index (Phi) is 5.62. The summed E-state index contributed by atoms with van der Waals surface area (Å²) in [6.45, 7) is 0. The van der Waals surface area contributed by atoms with Crippen molar-refractivity contribution in [2.75, 3.05) is 7.11 Å². The standard InChI is InChI=1S/C27H20FN3O4/c1-34-25-15-22-20(14-21(25)27(29)33)24(8-10-30-22)35-19-6-7-23-17(13-19)9-11-31(23)26(32)12-16-2-4-18(28)5-3-16/h2-11,13-15H,12H2,1H3,(H2,29,33). The number of amides is 1. The van der Waals surface area contributed by atoms with Gasteiger partial charge in [-0.1, -0.05) is 12.1 Å². The van der Waals surface area contributed by atoms with Crippen molar-refractivity contribution in [1.29, 1.82) is 0 Å². The predicted octanol–water partition coefficient (Wildman–Crippen LogP) is 5.11. The molecule has 0 radical (unpaired) electrons. The summed E-state index contributed by atoms with van der Waals surface area (Å²) in [7, 11) is 1.46. The lowest BCUT2D eigenvalue weighted by Crippen LogP contribution is -2.12. The van der Waals surface area contributed by atoms with Gasteiger partial charge in [0, 0.05) is 29.2 Å². The van der Waals surface area contributed by atoms with E-state index in [0.29, 0.717) is 28.2 Å². The summed E-state index contributed by atoms with van der Waals surface area (Å²) >= 11 is 0. The summed E-state index contributed by atoms with van der Waals surface area (Å²) in [6, 6.07) is 18.0. The van der Waals surface area contributed by atoms with E-state index in [1.54, 1.807) is 59.4 Å².